The molecule has 0 unspecified atom stereocenters. The van der Waals surface area contributed by atoms with Crippen LogP contribution in [-0.2, 0) is 26.2 Å². The van der Waals surface area contributed by atoms with Gasteiger partial charge in [-0.15, -0.1) is 0 Å². The van der Waals surface area contributed by atoms with Crippen LogP contribution in [0.15, 0.2) is 36.4 Å². The van der Waals surface area contributed by atoms with E-state index in [9.17, 15) is 18.0 Å². The second-order valence-electron chi connectivity index (χ2n) is 9.78. The van der Waals surface area contributed by atoms with E-state index in [1.54, 1.807) is 37.3 Å². The second-order valence-corrected chi connectivity index (χ2v) is 12.5. The Hall–Kier alpha value is -2.69. The molecule has 37 heavy (non-hydrogen) atoms. The summed E-state index contributed by atoms with van der Waals surface area (Å²) >= 11 is 12.2. The molecule has 1 aliphatic heterocycles. The maximum Gasteiger partial charge on any atom is 0.244 e. The lowest BCUT2D eigenvalue weighted by atomic mass is 10.1. The summed E-state index contributed by atoms with van der Waals surface area (Å²) in [5.41, 5.74) is 0.331. The summed E-state index contributed by atoms with van der Waals surface area (Å²) in [6, 6.07) is 8.64. The van der Waals surface area contributed by atoms with E-state index in [1.165, 1.54) is 11.0 Å². The number of hydrogen-bond donors (Lipinski definition) is 1. The highest BCUT2D eigenvalue weighted by Crippen LogP contribution is 2.35. The zero-order valence-corrected chi connectivity index (χ0v) is 23.7. The smallest absolute Gasteiger partial charge is 0.244 e. The van der Waals surface area contributed by atoms with Crippen LogP contribution in [0.2, 0.25) is 10.0 Å². The molecule has 2 aromatic rings. The third-order valence-corrected chi connectivity index (χ3v) is 7.37. The molecule has 1 atom stereocenters. The van der Waals surface area contributed by atoms with Crippen molar-refractivity contribution in [1.82, 2.24) is 10.2 Å². The van der Waals surface area contributed by atoms with E-state index >= 15 is 0 Å². The second kappa shape index (κ2) is 11.4. The van der Waals surface area contributed by atoms with Crippen molar-refractivity contribution in [3.05, 3.63) is 52.0 Å². The van der Waals surface area contributed by atoms with Gasteiger partial charge < -0.3 is 19.7 Å². The maximum absolute atomic E-state index is 13.7. The monoisotopic (exact) mass is 571 g/mol. The van der Waals surface area contributed by atoms with Crippen LogP contribution in [0.3, 0.4) is 0 Å². The number of sulfonamides is 1. The maximum atomic E-state index is 13.7. The number of carbonyl (C=O) groups excluding carboxylic acids is 2. The lowest BCUT2D eigenvalue weighted by Gasteiger charge is -2.33. The molecule has 1 heterocycles. The Balaban J connectivity index is 1.94. The summed E-state index contributed by atoms with van der Waals surface area (Å²) in [6.45, 7) is 7.26. The van der Waals surface area contributed by atoms with E-state index in [4.69, 9.17) is 32.7 Å². The number of ether oxygens (including phenoxy) is 2. The van der Waals surface area contributed by atoms with Gasteiger partial charge in [0.05, 0.1) is 22.0 Å². The first kappa shape index (κ1) is 28.9. The number of fused-ring (bicyclic) bond motifs is 1. The molecule has 3 rings (SSSR count). The van der Waals surface area contributed by atoms with Gasteiger partial charge in [-0.3, -0.25) is 13.9 Å². The summed E-state index contributed by atoms with van der Waals surface area (Å²) in [4.78, 5) is 28.0. The number of rotatable bonds is 8. The van der Waals surface area contributed by atoms with Gasteiger partial charge in [0.2, 0.25) is 21.8 Å². The minimum atomic E-state index is -3.88. The standard InChI is InChI=1S/C25H31Cl2N3O6S/c1-16(24(32)28-25(2,3)4)29(14-17-6-8-19(26)20(27)12-17)23(31)15-30(37(5,33)34)18-7-9-21-22(13-18)36-11-10-35-21/h6-9,12-13,16H,10-11,14-15H2,1-5H3,(H,28,32)/t16-/m0/s1. The van der Waals surface area contributed by atoms with Gasteiger partial charge in [0.1, 0.15) is 25.8 Å². The van der Waals surface area contributed by atoms with Gasteiger partial charge in [0.25, 0.3) is 0 Å². The topological polar surface area (TPSA) is 105 Å². The summed E-state index contributed by atoms with van der Waals surface area (Å²) in [7, 11) is -3.88. The molecule has 0 aliphatic carbocycles. The molecule has 12 heteroatoms. The van der Waals surface area contributed by atoms with Crippen LogP contribution in [0.25, 0.3) is 0 Å². The van der Waals surface area contributed by atoms with Gasteiger partial charge >= 0.3 is 0 Å². The van der Waals surface area contributed by atoms with Crippen LogP contribution in [0.4, 0.5) is 5.69 Å². The normalized spacial score (nSPS) is 14.0. The molecule has 0 fully saturated rings. The van der Waals surface area contributed by atoms with Crippen molar-refractivity contribution >= 4 is 50.7 Å². The predicted octanol–water partition coefficient (Wildman–Crippen LogP) is 3.86. The Morgan fingerprint density at radius 1 is 1.03 bits per heavy atom. The van der Waals surface area contributed by atoms with E-state index in [0.717, 1.165) is 10.6 Å². The van der Waals surface area contributed by atoms with Gasteiger partial charge in [0.15, 0.2) is 11.5 Å². The Morgan fingerprint density at radius 2 is 1.68 bits per heavy atom. The van der Waals surface area contributed by atoms with Crippen molar-refractivity contribution in [3.8, 4) is 11.5 Å². The number of anilines is 1. The predicted molar refractivity (Wildman–Crippen MR) is 144 cm³/mol. The molecule has 2 aromatic carbocycles. The fourth-order valence-electron chi connectivity index (χ4n) is 3.69. The average Bonchev–Trinajstić information content (AvgIpc) is 2.80. The number of nitrogens with one attached hydrogen (secondary N) is 1. The van der Waals surface area contributed by atoms with Crippen molar-refractivity contribution in [3.63, 3.8) is 0 Å². The number of hydrogen-bond acceptors (Lipinski definition) is 6. The summed E-state index contributed by atoms with van der Waals surface area (Å²) < 4.78 is 37.6. The van der Waals surface area contributed by atoms with Crippen LogP contribution in [0.5, 0.6) is 11.5 Å². The molecule has 2 amide bonds. The van der Waals surface area contributed by atoms with E-state index < -0.39 is 34.1 Å². The molecule has 1 N–H and O–H groups in total. The van der Waals surface area contributed by atoms with Crippen molar-refractivity contribution in [2.24, 2.45) is 0 Å². The molecule has 0 radical (unpaired) electrons. The highest BCUT2D eigenvalue weighted by atomic mass is 35.5. The molecule has 0 spiro atoms. The van der Waals surface area contributed by atoms with E-state index in [-0.39, 0.29) is 18.1 Å². The first-order valence-electron chi connectivity index (χ1n) is 11.6. The molecule has 0 saturated heterocycles. The van der Waals surface area contributed by atoms with Gasteiger partial charge in [-0.2, -0.15) is 0 Å². The van der Waals surface area contributed by atoms with Crippen molar-refractivity contribution in [1.29, 1.82) is 0 Å². The van der Waals surface area contributed by atoms with Gasteiger partial charge in [-0.25, -0.2) is 8.42 Å². The van der Waals surface area contributed by atoms with Gasteiger partial charge in [-0.1, -0.05) is 29.3 Å². The number of amides is 2. The Kier molecular flexibility index (Phi) is 8.87. The number of nitrogens with zero attached hydrogens (tertiary/aromatic N) is 2. The van der Waals surface area contributed by atoms with Crippen LogP contribution in [0.1, 0.15) is 33.3 Å². The van der Waals surface area contributed by atoms with Crippen molar-refractivity contribution in [2.75, 3.05) is 30.3 Å². The van der Waals surface area contributed by atoms with Gasteiger partial charge in [-0.05, 0) is 57.5 Å². The Morgan fingerprint density at radius 3 is 2.27 bits per heavy atom. The first-order chi connectivity index (χ1) is 17.2. The largest absolute Gasteiger partial charge is 0.486 e. The van der Waals surface area contributed by atoms with E-state index in [0.29, 0.717) is 40.3 Å². The molecule has 9 nitrogen and oxygen atoms in total. The minimum Gasteiger partial charge on any atom is -0.486 e. The Labute approximate surface area is 227 Å². The zero-order chi connectivity index (χ0) is 27.5. The Bertz CT molecular complexity index is 1280. The van der Waals surface area contributed by atoms with Crippen molar-refractivity contribution in [2.45, 2.75) is 45.8 Å². The van der Waals surface area contributed by atoms with Gasteiger partial charge in [0, 0.05) is 18.2 Å². The van der Waals surface area contributed by atoms with E-state index in [2.05, 4.69) is 5.32 Å². The highest BCUT2D eigenvalue weighted by Gasteiger charge is 2.32. The average molecular weight is 573 g/mol. The highest BCUT2D eigenvalue weighted by molar-refractivity contribution is 7.92. The van der Waals surface area contributed by atoms with Crippen LogP contribution >= 0.6 is 23.2 Å². The summed E-state index contributed by atoms with van der Waals surface area (Å²) in [5, 5.41) is 3.52. The third kappa shape index (κ3) is 7.66. The van der Waals surface area contributed by atoms with Crippen LogP contribution in [0, 0.1) is 0 Å². The SMILES string of the molecule is C[C@@H](C(=O)NC(C)(C)C)N(Cc1ccc(Cl)c(Cl)c1)C(=O)CN(c1ccc2c(c1)OCCO2)S(C)(=O)=O. The number of benzene rings is 2. The first-order valence-corrected chi connectivity index (χ1v) is 14.2. The van der Waals surface area contributed by atoms with E-state index in [1.807, 2.05) is 20.8 Å². The third-order valence-electron chi connectivity index (χ3n) is 5.50. The lowest BCUT2D eigenvalue weighted by molar-refractivity contribution is -0.140. The number of carbonyl (C=O) groups is 2. The molecule has 202 valence electrons. The van der Waals surface area contributed by atoms with Crippen molar-refractivity contribution < 1.29 is 27.5 Å². The minimum absolute atomic E-state index is 0.00714. The fraction of sp³-hybridized carbons (Fsp3) is 0.440. The lowest BCUT2D eigenvalue weighted by Crippen LogP contribution is -2.54. The molecular weight excluding hydrogens is 541 g/mol. The molecule has 0 saturated carbocycles. The van der Waals surface area contributed by atoms with Crippen LogP contribution in [-0.4, -0.2) is 62.7 Å². The molecule has 1 aliphatic rings. The van der Waals surface area contributed by atoms with Crippen LogP contribution < -0.4 is 19.1 Å². The zero-order valence-electron chi connectivity index (χ0n) is 21.4. The quantitative estimate of drug-likeness (QED) is 0.515. The molecule has 0 bridgehead atoms. The molecular formula is C25H31Cl2N3O6S. The summed E-state index contributed by atoms with van der Waals surface area (Å²) in [5.74, 6) is -0.0898. The molecule has 0 aromatic heterocycles. The summed E-state index contributed by atoms with van der Waals surface area (Å²) in [6.07, 6.45) is 1.01. The number of halogens is 2. The fourth-order valence-corrected chi connectivity index (χ4v) is 4.85.